The van der Waals surface area contributed by atoms with Crippen LogP contribution in [0.25, 0.3) is 11.5 Å². The van der Waals surface area contributed by atoms with Crippen LogP contribution in [0.4, 0.5) is 0 Å². The summed E-state index contributed by atoms with van der Waals surface area (Å²) in [5, 5.41) is 7.62. The molecular formula is C19H16N4O5S. The highest BCUT2D eigenvalue weighted by atomic mass is 32.2. The molecule has 4 rings (SSSR count). The first-order valence-electron chi connectivity index (χ1n) is 8.65. The number of rotatable bonds is 5. The number of carbonyl (C=O) groups is 2. The first kappa shape index (κ1) is 18.8. The monoisotopic (exact) mass is 412 g/mol. The number of benzene rings is 2. The van der Waals surface area contributed by atoms with Crippen molar-refractivity contribution in [1.29, 1.82) is 0 Å². The van der Waals surface area contributed by atoms with Gasteiger partial charge in [-0.15, -0.1) is 10.2 Å². The topological polar surface area (TPSA) is 116 Å². The average molecular weight is 412 g/mol. The van der Waals surface area contributed by atoms with E-state index in [1.165, 1.54) is 0 Å². The number of amides is 2. The minimum atomic E-state index is -0.573. The van der Waals surface area contributed by atoms with Crippen LogP contribution in [0.5, 0.6) is 11.5 Å². The molecule has 9 nitrogen and oxygen atoms in total. The van der Waals surface area contributed by atoms with Crippen molar-refractivity contribution in [3.63, 3.8) is 0 Å². The number of aromatic nitrogens is 2. The van der Waals surface area contributed by atoms with Crippen LogP contribution in [0.3, 0.4) is 0 Å². The SMILES string of the molecule is C[C@@H](Sc1nnc(-c2ccc3c(c2)OCO3)o1)C(=O)NNC(=O)c1ccccc1. The Balaban J connectivity index is 1.33. The van der Waals surface area contributed by atoms with Crippen molar-refractivity contribution in [3.8, 4) is 23.0 Å². The zero-order valence-corrected chi connectivity index (χ0v) is 16.1. The minimum Gasteiger partial charge on any atom is -0.454 e. The summed E-state index contributed by atoms with van der Waals surface area (Å²) in [6, 6.07) is 13.9. The molecule has 2 aromatic carbocycles. The summed E-state index contributed by atoms with van der Waals surface area (Å²) in [6.07, 6.45) is 0. The van der Waals surface area contributed by atoms with E-state index in [-0.39, 0.29) is 12.0 Å². The first-order valence-corrected chi connectivity index (χ1v) is 9.53. The molecule has 10 heteroatoms. The molecule has 2 amide bonds. The zero-order chi connectivity index (χ0) is 20.2. The zero-order valence-electron chi connectivity index (χ0n) is 15.2. The van der Waals surface area contributed by atoms with Crippen molar-refractivity contribution in [1.82, 2.24) is 21.0 Å². The Morgan fingerprint density at radius 3 is 2.66 bits per heavy atom. The summed E-state index contributed by atoms with van der Waals surface area (Å²) in [5.41, 5.74) is 5.89. The third-order valence-corrected chi connectivity index (χ3v) is 4.94. The van der Waals surface area contributed by atoms with Crippen LogP contribution in [0.2, 0.25) is 0 Å². The summed E-state index contributed by atoms with van der Waals surface area (Å²) in [7, 11) is 0. The third kappa shape index (κ3) is 4.32. The summed E-state index contributed by atoms with van der Waals surface area (Å²) in [4.78, 5) is 24.2. The van der Waals surface area contributed by atoms with Gasteiger partial charge in [0.2, 0.25) is 12.7 Å². The van der Waals surface area contributed by atoms with Gasteiger partial charge in [-0.2, -0.15) is 0 Å². The third-order valence-electron chi connectivity index (χ3n) is 4.01. The molecule has 2 N–H and O–H groups in total. The number of nitrogens with one attached hydrogen (secondary N) is 2. The Hall–Kier alpha value is -3.53. The molecular weight excluding hydrogens is 396 g/mol. The molecule has 2 heterocycles. The normalized spacial score (nSPS) is 13.0. The molecule has 0 spiro atoms. The number of hydrazine groups is 1. The van der Waals surface area contributed by atoms with E-state index in [1.807, 2.05) is 0 Å². The molecule has 0 unspecified atom stereocenters. The lowest BCUT2D eigenvalue weighted by molar-refractivity contribution is -0.121. The van der Waals surface area contributed by atoms with Crippen molar-refractivity contribution in [2.45, 2.75) is 17.4 Å². The number of carbonyl (C=O) groups excluding carboxylic acids is 2. The predicted octanol–water partition coefficient (Wildman–Crippen LogP) is 2.41. The maximum atomic E-state index is 12.2. The molecule has 1 aliphatic rings. The maximum Gasteiger partial charge on any atom is 0.277 e. The van der Waals surface area contributed by atoms with Crippen LogP contribution in [-0.2, 0) is 4.79 Å². The van der Waals surface area contributed by atoms with Gasteiger partial charge < -0.3 is 13.9 Å². The van der Waals surface area contributed by atoms with Crippen molar-refractivity contribution in [3.05, 3.63) is 54.1 Å². The fourth-order valence-corrected chi connectivity index (χ4v) is 3.17. The van der Waals surface area contributed by atoms with Crippen LogP contribution in [-0.4, -0.2) is 34.1 Å². The molecule has 0 saturated carbocycles. The first-order chi connectivity index (χ1) is 14.1. The highest BCUT2D eigenvalue weighted by molar-refractivity contribution is 8.00. The molecule has 1 atom stereocenters. The summed E-state index contributed by atoms with van der Waals surface area (Å²) < 4.78 is 16.2. The average Bonchev–Trinajstić information content (AvgIpc) is 3.41. The lowest BCUT2D eigenvalue weighted by atomic mass is 10.2. The van der Waals surface area contributed by atoms with E-state index in [1.54, 1.807) is 55.5 Å². The van der Waals surface area contributed by atoms with Gasteiger partial charge in [-0.3, -0.25) is 20.4 Å². The van der Waals surface area contributed by atoms with Crippen LogP contribution in [0, 0.1) is 0 Å². The maximum absolute atomic E-state index is 12.2. The largest absolute Gasteiger partial charge is 0.454 e. The fraction of sp³-hybridized carbons (Fsp3) is 0.158. The van der Waals surface area contributed by atoms with E-state index in [0.717, 1.165) is 11.8 Å². The van der Waals surface area contributed by atoms with Crippen LogP contribution < -0.4 is 20.3 Å². The molecule has 0 aliphatic carbocycles. The second kappa shape index (κ2) is 8.23. The number of fused-ring (bicyclic) bond motifs is 1. The predicted molar refractivity (Wildman–Crippen MR) is 103 cm³/mol. The van der Waals surface area contributed by atoms with Gasteiger partial charge in [0.15, 0.2) is 11.5 Å². The van der Waals surface area contributed by atoms with Crippen molar-refractivity contribution in [2.75, 3.05) is 6.79 Å². The van der Waals surface area contributed by atoms with E-state index in [2.05, 4.69) is 21.0 Å². The molecule has 1 aliphatic heterocycles. The van der Waals surface area contributed by atoms with Crippen LogP contribution >= 0.6 is 11.8 Å². The van der Waals surface area contributed by atoms with Gasteiger partial charge in [0, 0.05) is 11.1 Å². The van der Waals surface area contributed by atoms with Gasteiger partial charge in [-0.25, -0.2) is 0 Å². The Kier molecular flexibility index (Phi) is 5.34. The quantitative estimate of drug-likeness (QED) is 0.485. The number of thioether (sulfide) groups is 1. The second-order valence-corrected chi connectivity index (χ2v) is 7.30. The fourth-order valence-electron chi connectivity index (χ4n) is 2.49. The van der Waals surface area contributed by atoms with Gasteiger partial charge >= 0.3 is 0 Å². The molecule has 0 radical (unpaired) electrons. The number of ether oxygens (including phenoxy) is 2. The minimum absolute atomic E-state index is 0.178. The molecule has 3 aromatic rings. The van der Waals surface area contributed by atoms with Gasteiger partial charge in [0.05, 0.1) is 5.25 Å². The summed E-state index contributed by atoms with van der Waals surface area (Å²) in [5.74, 6) is 0.763. The molecule has 0 bridgehead atoms. The van der Waals surface area contributed by atoms with Gasteiger partial charge in [0.25, 0.3) is 17.0 Å². The van der Waals surface area contributed by atoms with Crippen molar-refractivity contribution >= 4 is 23.6 Å². The highest BCUT2D eigenvalue weighted by Gasteiger charge is 2.21. The van der Waals surface area contributed by atoms with Crippen LogP contribution in [0.1, 0.15) is 17.3 Å². The molecule has 29 heavy (non-hydrogen) atoms. The Morgan fingerprint density at radius 2 is 1.83 bits per heavy atom. The van der Waals surface area contributed by atoms with Crippen molar-refractivity contribution in [2.24, 2.45) is 0 Å². The van der Waals surface area contributed by atoms with Crippen LogP contribution in [0.15, 0.2) is 58.2 Å². The van der Waals surface area contributed by atoms with Gasteiger partial charge in [-0.1, -0.05) is 30.0 Å². The smallest absolute Gasteiger partial charge is 0.277 e. The number of hydrogen-bond donors (Lipinski definition) is 2. The van der Waals surface area contributed by atoms with Gasteiger partial charge in [0.1, 0.15) is 0 Å². The Labute approximate surface area is 169 Å². The lowest BCUT2D eigenvalue weighted by Crippen LogP contribution is -2.44. The van der Waals surface area contributed by atoms with Crippen molar-refractivity contribution < 1.29 is 23.5 Å². The Morgan fingerprint density at radius 1 is 1.03 bits per heavy atom. The van der Waals surface area contributed by atoms with E-state index in [4.69, 9.17) is 13.9 Å². The number of nitrogens with zero attached hydrogens (tertiary/aromatic N) is 2. The summed E-state index contributed by atoms with van der Waals surface area (Å²) in [6.45, 7) is 1.84. The lowest BCUT2D eigenvalue weighted by Gasteiger charge is -2.10. The Bertz CT molecular complexity index is 1040. The molecule has 0 fully saturated rings. The van der Waals surface area contributed by atoms with E-state index in [0.29, 0.717) is 28.5 Å². The summed E-state index contributed by atoms with van der Waals surface area (Å²) >= 11 is 1.08. The highest BCUT2D eigenvalue weighted by Crippen LogP contribution is 2.36. The second-order valence-electron chi connectivity index (χ2n) is 6.01. The van der Waals surface area contributed by atoms with E-state index in [9.17, 15) is 9.59 Å². The number of hydrogen-bond acceptors (Lipinski definition) is 8. The standard InChI is InChI=1S/C19H16N4O5S/c1-11(16(24)20-21-17(25)12-5-3-2-4-6-12)29-19-23-22-18(28-19)13-7-8-14-15(9-13)27-10-26-14/h2-9,11H,10H2,1H3,(H,20,24)(H,21,25)/t11-/m1/s1. The van der Waals surface area contributed by atoms with E-state index < -0.39 is 17.1 Å². The van der Waals surface area contributed by atoms with E-state index >= 15 is 0 Å². The molecule has 148 valence electrons. The van der Waals surface area contributed by atoms with Gasteiger partial charge in [-0.05, 0) is 37.3 Å². The molecule has 1 aromatic heterocycles. The molecule has 0 saturated heterocycles.